The lowest BCUT2D eigenvalue weighted by Crippen LogP contribution is -2.06. The van der Waals surface area contributed by atoms with Crippen molar-refractivity contribution in [3.05, 3.63) is 70.5 Å². The summed E-state index contributed by atoms with van der Waals surface area (Å²) in [6.07, 6.45) is 1.58. The Bertz CT molecular complexity index is 1200. The summed E-state index contributed by atoms with van der Waals surface area (Å²) in [5, 5.41) is 12.4. The fourth-order valence-electron chi connectivity index (χ4n) is 2.98. The number of aromatic amines is 1. The molecule has 0 fully saturated rings. The van der Waals surface area contributed by atoms with Crippen LogP contribution in [0.15, 0.2) is 54.7 Å². The number of hydrogen-bond donors (Lipinski definition) is 1. The van der Waals surface area contributed by atoms with Crippen molar-refractivity contribution in [1.82, 2.24) is 9.97 Å². The number of nitro benzene ring substituents is 1. The number of ether oxygens (including phenoxy) is 2. The van der Waals surface area contributed by atoms with E-state index in [0.29, 0.717) is 11.5 Å². The molecular weight excluding hydrogens is 362 g/mol. The van der Waals surface area contributed by atoms with Crippen LogP contribution in [0.4, 0.5) is 5.69 Å². The molecule has 0 amide bonds. The molecule has 0 spiro atoms. The van der Waals surface area contributed by atoms with E-state index < -0.39 is 10.9 Å². The van der Waals surface area contributed by atoms with E-state index in [0.717, 1.165) is 21.8 Å². The van der Waals surface area contributed by atoms with E-state index in [1.807, 2.05) is 12.1 Å². The predicted molar refractivity (Wildman–Crippen MR) is 103 cm³/mol. The van der Waals surface area contributed by atoms with Crippen molar-refractivity contribution in [2.75, 3.05) is 6.61 Å². The van der Waals surface area contributed by atoms with Gasteiger partial charge in [0.25, 0.3) is 5.69 Å². The molecule has 140 valence electrons. The van der Waals surface area contributed by atoms with Crippen LogP contribution in [0.5, 0.6) is 11.5 Å². The van der Waals surface area contributed by atoms with Crippen molar-refractivity contribution in [2.45, 2.75) is 6.92 Å². The standard InChI is InChI=1S/C20H15N3O5/c1-2-27-20(24)16-10-14-17(11-21-16)22-15-4-3-5-18(19(14)15)28-13-8-6-12(7-9-13)23(25)26/h3-11,22H,2H2,1H3. The zero-order chi connectivity index (χ0) is 19.7. The number of nitrogens with zero attached hydrogens (tertiary/aromatic N) is 2. The second kappa shape index (κ2) is 6.99. The van der Waals surface area contributed by atoms with Crippen molar-refractivity contribution in [3.8, 4) is 11.5 Å². The number of benzene rings is 2. The lowest BCUT2D eigenvalue weighted by molar-refractivity contribution is -0.384. The molecule has 0 saturated heterocycles. The molecule has 0 aliphatic heterocycles. The Morgan fingerprint density at radius 1 is 1.18 bits per heavy atom. The average molecular weight is 377 g/mol. The van der Waals surface area contributed by atoms with Gasteiger partial charge in [0.1, 0.15) is 17.2 Å². The van der Waals surface area contributed by atoms with Crippen LogP contribution in [-0.4, -0.2) is 27.5 Å². The van der Waals surface area contributed by atoms with Gasteiger partial charge in [0.2, 0.25) is 0 Å². The number of carbonyl (C=O) groups excluding carboxylic acids is 1. The molecule has 4 rings (SSSR count). The highest BCUT2D eigenvalue weighted by atomic mass is 16.6. The van der Waals surface area contributed by atoms with E-state index in [9.17, 15) is 14.9 Å². The number of hydrogen-bond acceptors (Lipinski definition) is 6. The third-order valence-corrected chi connectivity index (χ3v) is 4.23. The van der Waals surface area contributed by atoms with E-state index in [1.165, 1.54) is 24.3 Å². The van der Waals surface area contributed by atoms with Gasteiger partial charge in [-0.2, -0.15) is 0 Å². The Balaban J connectivity index is 1.79. The van der Waals surface area contributed by atoms with Crippen LogP contribution < -0.4 is 4.74 Å². The molecule has 8 nitrogen and oxygen atoms in total. The predicted octanol–water partition coefficient (Wildman–Crippen LogP) is 4.59. The van der Waals surface area contributed by atoms with Crippen molar-refractivity contribution in [1.29, 1.82) is 0 Å². The quantitative estimate of drug-likeness (QED) is 0.309. The third kappa shape index (κ3) is 3.11. The summed E-state index contributed by atoms with van der Waals surface area (Å²) >= 11 is 0. The highest BCUT2D eigenvalue weighted by molar-refractivity contribution is 6.11. The summed E-state index contributed by atoms with van der Waals surface area (Å²) in [7, 11) is 0. The van der Waals surface area contributed by atoms with Crippen molar-refractivity contribution in [3.63, 3.8) is 0 Å². The minimum Gasteiger partial charge on any atom is -0.461 e. The van der Waals surface area contributed by atoms with Crippen LogP contribution in [0.3, 0.4) is 0 Å². The zero-order valence-electron chi connectivity index (χ0n) is 14.8. The monoisotopic (exact) mass is 377 g/mol. The van der Waals surface area contributed by atoms with Gasteiger partial charge in [-0.05, 0) is 37.3 Å². The molecule has 0 aliphatic rings. The molecule has 2 aromatic carbocycles. The first-order valence-electron chi connectivity index (χ1n) is 8.56. The number of aromatic nitrogens is 2. The molecule has 8 heteroatoms. The Morgan fingerprint density at radius 2 is 1.96 bits per heavy atom. The fourth-order valence-corrected chi connectivity index (χ4v) is 2.98. The lowest BCUT2D eigenvalue weighted by atomic mass is 10.1. The maximum absolute atomic E-state index is 12.0. The number of esters is 1. The van der Waals surface area contributed by atoms with Crippen LogP contribution in [-0.2, 0) is 4.74 Å². The summed E-state index contributed by atoms with van der Waals surface area (Å²) in [6, 6.07) is 13.0. The summed E-state index contributed by atoms with van der Waals surface area (Å²) in [4.78, 5) is 29.8. The number of carbonyl (C=O) groups is 1. The zero-order valence-corrected chi connectivity index (χ0v) is 14.8. The van der Waals surface area contributed by atoms with Gasteiger partial charge in [0, 0.05) is 17.5 Å². The van der Waals surface area contributed by atoms with Crippen molar-refractivity contribution >= 4 is 33.5 Å². The van der Waals surface area contributed by atoms with Crippen molar-refractivity contribution in [2.24, 2.45) is 0 Å². The van der Waals surface area contributed by atoms with Crippen LogP contribution in [0, 0.1) is 10.1 Å². The molecule has 28 heavy (non-hydrogen) atoms. The first-order valence-corrected chi connectivity index (χ1v) is 8.56. The van der Waals surface area contributed by atoms with Gasteiger partial charge < -0.3 is 14.5 Å². The fraction of sp³-hybridized carbons (Fsp3) is 0.100. The van der Waals surface area contributed by atoms with Gasteiger partial charge >= 0.3 is 5.97 Å². The van der Waals surface area contributed by atoms with Gasteiger partial charge in [0.15, 0.2) is 0 Å². The molecule has 0 radical (unpaired) electrons. The van der Waals surface area contributed by atoms with Gasteiger partial charge in [-0.1, -0.05) is 6.07 Å². The molecule has 0 unspecified atom stereocenters. The van der Waals surface area contributed by atoms with E-state index in [2.05, 4.69) is 9.97 Å². The molecule has 2 aromatic heterocycles. The van der Waals surface area contributed by atoms with E-state index in [-0.39, 0.29) is 18.0 Å². The first kappa shape index (κ1) is 17.5. The minimum absolute atomic E-state index is 0.0113. The van der Waals surface area contributed by atoms with Crippen LogP contribution in [0.25, 0.3) is 21.8 Å². The number of pyridine rings is 1. The lowest BCUT2D eigenvalue weighted by Gasteiger charge is -2.07. The Labute approximate surface area is 158 Å². The Hall–Kier alpha value is -3.94. The minimum atomic E-state index is -0.493. The topological polar surface area (TPSA) is 107 Å². The number of rotatable bonds is 5. The number of fused-ring (bicyclic) bond motifs is 3. The maximum atomic E-state index is 12.0. The van der Waals surface area contributed by atoms with Gasteiger partial charge in [-0.25, -0.2) is 9.78 Å². The second-order valence-electron chi connectivity index (χ2n) is 5.99. The number of nitro groups is 1. The molecule has 0 saturated carbocycles. The number of nitrogens with one attached hydrogen (secondary N) is 1. The second-order valence-corrected chi connectivity index (χ2v) is 5.99. The van der Waals surface area contributed by atoms with E-state index >= 15 is 0 Å². The number of non-ortho nitro benzene ring substituents is 1. The molecule has 4 aromatic rings. The van der Waals surface area contributed by atoms with Crippen LogP contribution >= 0.6 is 0 Å². The highest BCUT2D eigenvalue weighted by Crippen LogP contribution is 2.36. The number of H-pyrrole nitrogens is 1. The molecule has 0 aliphatic carbocycles. The Kier molecular flexibility index (Phi) is 4.36. The van der Waals surface area contributed by atoms with Crippen LogP contribution in [0.1, 0.15) is 17.4 Å². The molecule has 2 heterocycles. The summed E-state index contributed by atoms with van der Waals surface area (Å²) in [5.41, 5.74) is 1.77. The van der Waals surface area contributed by atoms with Gasteiger partial charge in [-0.3, -0.25) is 10.1 Å². The average Bonchev–Trinajstić information content (AvgIpc) is 3.07. The largest absolute Gasteiger partial charge is 0.461 e. The Morgan fingerprint density at radius 3 is 2.68 bits per heavy atom. The normalized spacial score (nSPS) is 10.9. The summed E-state index contributed by atoms with van der Waals surface area (Å²) in [6.45, 7) is 2.00. The third-order valence-electron chi connectivity index (χ3n) is 4.23. The van der Waals surface area contributed by atoms with Gasteiger partial charge in [0.05, 0.1) is 34.1 Å². The highest BCUT2D eigenvalue weighted by Gasteiger charge is 2.15. The molecule has 0 atom stereocenters. The summed E-state index contributed by atoms with van der Waals surface area (Å²) < 4.78 is 11.0. The molecule has 1 N–H and O–H groups in total. The smallest absolute Gasteiger partial charge is 0.356 e. The molecular formula is C20H15N3O5. The maximum Gasteiger partial charge on any atom is 0.356 e. The summed E-state index contributed by atoms with van der Waals surface area (Å²) in [5.74, 6) is 0.526. The van der Waals surface area contributed by atoms with E-state index in [4.69, 9.17) is 9.47 Å². The SMILES string of the molecule is CCOC(=O)c1cc2c(cn1)[nH]c1cccc(Oc3ccc([N+](=O)[O-])cc3)c12. The van der Waals surface area contributed by atoms with Crippen molar-refractivity contribution < 1.29 is 19.2 Å². The first-order chi connectivity index (χ1) is 13.6. The van der Waals surface area contributed by atoms with Gasteiger partial charge in [-0.15, -0.1) is 0 Å². The van der Waals surface area contributed by atoms with Crippen LogP contribution in [0.2, 0.25) is 0 Å². The van der Waals surface area contributed by atoms with E-state index in [1.54, 1.807) is 25.3 Å². The molecule has 0 bridgehead atoms.